The SMILES string of the molecule is CC(C)(CNc1ccncc1C(=O)O)S(C)(=O)=O. The molecule has 0 bridgehead atoms. The summed E-state index contributed by atoms with van der Waals surface area (Å²) in [5.41, 5.74) is 0.371. The van der Waals surface area contributed by atoms with Crippen molar-refractivity contribution < 1.29 is 18.3 Å². The van der Waals surface area contributed by atoms with Crippen LogP contribution in [-0.2, 0) is 9.84 Å². The third kappa shape index (κ3) is 3.19. The quantitative estimate of drug-likeness (QED) is 0.830. The van der Waals surface area contributed by atoms with Gasteiger partial charge in [-0.15, -0.1) is 0 Å². The number of aromatic carboxylic acids is 1. The molecule has 0 unspecified atom stereocenters. The minimum Gasteiger partial charge on any atom is -0.478 e. The smallest absolute Gasteiger partial charge is 0.339 e. The van der Waals surface area contributed by atoms with Gasteiger partial charge in [0.2, 0.25) is 0 Å². The van der Waals surface area contributed by atoms with Crippen molar-refractivity contribution in [3.63, 3.8) is 0 Å². The molecule has 0 atom stereocenters. The van der Waals surface area contributed by atoms with Gasteiger partial charge in [0.25, 0.3) is 0 Å². The van der Waals surface area contributed by atoms with Crippen molar-refractivity contribution in [1.82, 2.24) is 4.98 Å². The Morgan fingerprint density at radius 3 is 2.61 bits per heavy atom. The molecular weight excluding hydrogens is 256 g/mol. The second-order valence-electron chi connectivity index (χ2n) is 4.61. The van der Waals surface area contributed by atoms with E-state index in [0.29, 0.717) is 5.69 Å². The summed E-state index contributed by atoms with van der Waals surface area (Å²) in [4.78, 5) is 14.7. The number of nitrogens with zero attached hydrogens (tertiary/aromatic N) is 1. The van der Waals surface area contributed by atoms with Crippen LogP contribution in [0.3, 0.4) is 0 Å². The topological polar surface area (TPSA) is 96.4 Å². The number of anilines is 1. The summed E-state index contributed by atoms with van der Waals surface area (Å²) in [5.74, 6) is -1.11. The molecule has 0 aliphatic heterocycles. The van der Waals surface area contributed by atoms with Crippen molar-refractivity contribution in [1.29, 1.82) is 0 Å². The van der Waals surface area contributed by atoms with Gasteiger partial charge in [-0.05, 0) is 19.9 Å². The van der Waals surface area contributed by atoms with Crippen LogP contribution < -0.4 is 5.32 Å². The number of hydrogen-bond acceptors (Lipinski definition) is 5. The normalized spacial score (nSPS) is 12.2. The minimum absolute atomic E-state index is 0.0156. The van der Waals surface area contributed by atoms with E-state index in [4.69, 9.17) is 5.11 Å². The first-order valence-electron chi connectivity index (χ1n) is 5.26. The number of carboxylic acids is 1. The van der Waals surface area contributed by atoms with Crippen molar-refractivity contribution in [2.45, 2.75) is 18.6 Å². The second-order valence-corrected chi connectivity index (χ2v) is 7.26. The number of hydrogen-bond donors (Lipinski definition) is 2. The van der Waals surface area contributed by atoms with E-state index in [0.717, 1.165) is 6.26 Å². The highest BCUT2D eigenvalue weighted by atomic mass is 32.2. The van der Waals surface area contributed by atoms with Gasteiger partial charge in [0, 0.05) is 25.2 Å². The Bertz CT molecular complexity index is 552. The van der Waals surface area contributed by atoms with E-state index in [-0.39, 0.29) is 12.1 Å². The predicted octanol–water partition coefficient (Wildman–Crippen LogP) is 1.01. The predicted molar refractivity (Wildman–Crippen MR) is 68.6 cm³/mol. The molecule has 100 valence electrons. The van der Waals surface area contributed by atoms with Crippen molar-refractivity contribution in [3.8, 4) is 0 Å². The van der Waals surface area contributed by atoms with Gasteiger partial charge in [-0.25, -0.2) is 13.2 Å². The minimum atomic E-state index is -3.23. The number of nitrogens with one attached hydrogen (secondary N) is 1. The number of pyridine rings is 1. The zero-order chi connectivity index (χ0) is 14.0. The molecule has 0 aromatic carbocycles. The molecular formula is C11H16N2O4S. The lowest BCUT2D eigenvalue weighted by atomic mass is 10.2. The Morgan fingerprint density at radius 1 is 1.50 bits per heavy atom. The number of rotatable bonds is 5. The molecule has 6 nitrogen and oxygen atoms in total. The van der Waals surface area contributed by atoms with E-state index in [1.54, 1.807) is 13.8 Å². The number of sulfone groups is 1. The average molecular weight is 272 g/mol. The Balaban J connectivity index is 2.91. The monoisotopic (exact) mass is 272 g/mol. The van der Waals surface area contributed by atoms with Crippen LogP contribution in [0, 0.1) is 0 Å². The fourth-order valence-corrected chi connectivity index (χ4v) is 1.49. The first-order valence-corrected chi connectivity index (χ1v) is 7.15. The summed E-state index contributed by atoms with van der Waals surface area (Å²) < 4.78 is 22.1. The highest BCUT2D eigenvalue weighted by Crippen LogP contribution is 2.19. The summed E-state index contributed by atoms with van der Waals surface area (Å²) in [6.45, 7) is 3.28. The summed E-state index contributed by atoms with van der Waals surface area (Å²) in [6.07, 6.45) is 3.82. The summed E-state index contributed by atoms with van der Waals surface area (Å²) in [5, 5.41) is 11.8. The molecule has 7 heteroatoms. The van der Waals surface area contributed by atoms with E-state index in [1.165, 1.54) is 18.5 Å². The lowest BCUT2D eigenvalue weighted by Crippen LogP contribution is -2.38. The summed E-state index contributed by atoms with van der Waals surface area (Å²) in [6, 6.07) is 1.50. The molecule has 0 fully saturated rings. The van der Waals surface area contributed by atoms with E-state index in [1.807, 2.05) is 0 Å². The Labute approximate surface area is 106 Å². The molecule has 2 N–H and O–H groups in total. The van der Waals surface area contributed by atoms with Crippen LogP contribution >= 0.6 is 0 Å². The molecule has 0 saturated heterocycles. The van der Waals surface area contributed by atoms with Crippen LogP contribution in [0.25, 0.3) is 0 Å². The molecule has 0 saturated carbocycles. The van der Waals surface area contributed by atoms with Crippen LogP contribution in [0.1, 0.15) is 24.2 Å². The van der Waals surface area contributed by atoms with Crippen molar-refractivity contribution in [2.75, 3.05) is 18.1 Å². The average Bonchev–Trinajstić information content (AvgIpc) is 2.25. The first-order chi connectivity index (χ1) is 8.15. The molecule has 0 radical (unpaired) electrons. The zero-order valence-corrected chi connectivity index (χ0v) is 11.3. The first kappa shape index (κ1) is 14.4. The van der Waals surface area contributed by atoms with Gasteiger partial charge in [-0.3, -0.25) is 4.98 Å². The molecule has 18 heavy (non-hydrogen) atoms. The van der Waals surface area contributed by atoms with Crippen molar-refractivity contribution in [3.05, 3.63) is 24.0 Å². The van der Waals surface area contributed by atoms with Gasteiger partial charge in [-0.1, -0.05) is 0 Å². The van der Waals surface area contributed by atoms with E-state index < -0.39 is 20.6 Å². The fourth-order valence-electron chi connectivity index (χ4n) is 1.16. The van der Waals surface area contributed by atoms with Gasteiger partial charge in [-0.2, -0.15) is 0 Å². The molecule has 0 aliphatic rings. The Hall–Kier alpha value is -1.63. The highest BCUT2D eigenvalue weighted by Gasteiger charge is 2.30. The summed E-state index contributed by atoms with van der Waals surface area (Å²) >= 11 is 0. The Morgan fingerprint density at radius 2 is 2.11 bits per heavy atom. The maximum atomic E-state index is 11.5. The van der Waals surface area contributed by atoms with Gasteiger partial charge < -0.3 is 10.4 Å². The third-order valence-electron chi connectivity index (χ3n) is 2.76. The molecule has 1 aromatic heterocycles. The van der Waals surface area contributed by atoms with Gasteiger partial charge in [0.05, 0.1) is 10.4 Å². The number of aromatic nitrogens is 1. The lowest BCUT2D eigenvalue weighted by Gasteiger charge is -2.23. The summed E-state index contributed by atoms with van der Waals surface area (Å²) in [7, 11) is -3.23. The highest BCUT2D eigenvalue weighted by molar-refractivity contribution is 7.92. The molecule has 0 aliphatic carbocycles. The van der Waals surface area contributed by atoms with Crippen LogP contribution in [0.2, 0.25) is 0 Å². The van der Waals surface area contributed by atoms with Gasteiger partial charge >= 0.3 is 5.97 Å². The molecule has 0 amide bonds. The van der Waals surface area contributed by atoms with Crippen LogP contribution in [0.15, 0.2) is 18.5 Å². The largest absolute Gasteiger partial charge is 0.478 e. The van der Waals surface area contributed by atoms with Crippen molar-refractivity contribution >= 4 is 21.5 Å². The number of carboxylic acid groups (broad SMARTS) is 1. The van der Waals surface area contributed by atoms with E-state index in [2.05, 4.69) is 10.3 Å². The van der Waals surface area contributed by atoms with Crippen molar-refractivity contribution in [2.24, 2.45) is 0 Å². The maximum absolute atomic E-state index is 11.5. The fraction of sp³-hybridized carbons (Fsp3) is 0.455. The lowest BCUT2D eigenvalue weighted by molar-refractivity contribution is 0.0697. The second kappa shape index (κ2) is 4.93. The Kier molecular flexibility index (Phi) is 3.95. The van der Waals surface area contributed by atoms with Crippen LogP contribution in [0.5, 0.6) is 0 Å². The molecule has 1 aromatic rings. The van der Waals surface area contributed by atoms with E-state index >= 15 is 0 Å². The van der Waals surface area contributed by atoms with Gasteiger partial charge in [0.1, 0.15) is 5.56 Å². The zero-order valence-electron chi connectivity index (χ0n) is 10.5. The molecule has 0 spiro atoms. The van der Waals surface area contributed by atoms with Gasteiger partial charge in [0.15, 0.2) is 9.84 Å². The third-order valence-corrected chi connectivity index (χ3v) is 4.91. The van der Waals surface area contributed by atoms with Crippen LogP contribution in [-0.4, -0.2) is 42.0 Å². The maximum Gasteiger partial charge on any atom is 0.339 e. The standard InChI is InChI=1S/C11H16N2O4S/c1-11(2,18(3,16)17)7-13-9-4-5-12-6-8(9)10(14)15/h4-6H,7H2,1-3H3,(H,12,13)(H,14,15). The van der Waals surface area contributed by atoms with E-state index in [9.17, 15) is 13.2 Å². The van der Waals surface area contributed by atoms with Crippen LogP contribution in [0.4, 0.5) is 5.69 Å². The molecule has 1 rings (SSSR count). The molecule has 1 heterocycles. The number of carbonyl (C=O) groups is 1.